The second-order valence-corrected chi connectivity index (χ2v) is 6.63. The summed E-state index contributed by atoms with van der Waals surface area (Å²) >= 11 is 0. The maximum Gasteiger partial charge on any atom is 0.240 e. The lowest BCUT2D eigenvalue weighted by atomic mass is 10.0. The minimum absolute atomic E-state index is 0.0710. The maximum absolute atomic E-state index is 12.2. The van der Waals surface area contributed by atoms with Crippen LogP contribution in [0.15, 0.2) is 23.1 Å². The summed E-state index contributed by atoms with van der Waals surface area (Å²) in [5.41, 5.74) is 1.02. The molecule has 1 aromatic carbocycles. The summed E-state index contributed by atoms with van der Waals surface area (Å²) in [4.78, 5) is 12.1. The van der Waals surface area contributed by atoms with Crippen molar-refractivity contribution in [3.8, 4) is 0 Å². The number of carbonyl (C=O) groups excluding carboxylic acids is 1. The molecule has 1 N–H and O–H groups in total. The van der Waals surface area contributed by atoms with Gasteiger partial charge in [0.05, 0.1) is 11.5 Å². The standard InChI is InChI=1S/C14H21NO4S/c1-10(2)14(16)12-6-5-11(3)13(9-12)20(17,18)15-7-8-19-4/h5-6,9-10,15H,7-8H2,1-4H3. The molecular weight excluding hydrogens is 278 g/mol. The van der Waals surface area contributed by atoms with Crippen molar-refractivity contribution in [1.82, 2.24) is 4.72 Å². The zero-order valence-electron chi connectivity index (χ0n) is 12.3. The van der Waals surface area contributed by atoms with Crippen molar-refractivity contribution in [1.29, 1.82) is 0 Å². The Morgan fingerprint density at radius 2 is 2.00 bits per heavy atom. The molecule has 5 nitrogen and oxygen atoms in total. The highest BCUT2D eigenvalue weighted by molar-refractivity contribution is 7.89. The lowest BCUT2D eigenvalue weighted by Crippen LogP contribution is -2.28. The molecule has 0 bridgehead atoms. The molecule has 1 rings (SSSR count). The van der Waals surface area contributed by atoms with E-state index >= 15 is 0 Å². The van der Waals surface area contributed by atoms with Crippen molar-refractivity contribution in [3.63, 3.8) is 0 Å². The lowest BCUT2D eigenvalue weighted by molar-refractivity contribution is 0.0939. The van der Waals surface area contributed by atoms with E-state index in [0.29, 0.717) is 17.7 Å². The van der Waals surface area contributed by atoms with Crippen LogP contribution in [0.25, 0.3) is 0 Å². The summed E-state index contributed by atoms with van der Waals surface area (Å²) in [5, 5.41) is 0. The highest BCUT2D eigenvalue weighted by Gasteiger charge is 2.19. The van der Waals surface area contributed by atoms with Crippen molar-refractivity contribution in [2.45, 2.75) is 25.7 Å². The van der Waals surface area contributed by atoms with Gasteiger partial charge in [0.25, 0.3) is 0 Å². The van der Waals surface area contributed by atoms with Crippen molar-refractivity contribution < 1.29 is 17.9 Å². The Labute approximate surface area is 120 Å². The molecule has 0 spiro atoms. The van der Waals surface area contributed by atoms with Gasteiger partial charge in [0.2, 0.25) is 10.0 Å². The molecule has 0 saturated heterocycles. The molecular formula is C14H21NO4S. The van der Waals surface area contributed by atoms with Crippen molar-refractivity contribution in [3.05, 3.63) is 29.3 Å². The van der Waals surface area contributed by atoms with Gasteiger partial charge in [-0.3, -0.25) is 4.79 Å². The van der Waals surface area contributed by atoms with Crippen molar-refractivity contribution in [2.24, 2.45) is 5.92 Å². The van der Waals surface area contributed by atoms with E-state index in [0.717, 1.165) is 0 Å². The summed E-state index contributed by atoms with van der Waals surface area (Å²) in [5.74, 6) is -0.243. The third kappa shape index (κ3) is 4.13. The van der Waals surface area contributed by atoms with Gasteiger partial charge in [0, 0.05) is 25.1 Å². The van der Waals surface area contributed by atoms with E-state index in [-0.39, 0.29) is 23.1 Å². The molecule has 0 radical (unpaired) electrons. The quantitative estimate of drug-likeness (QED) is 0.615. The number of benzene rings is 1. The minimum atomic E-state index is -3.63. The SMILES string of the molecule is COCCNS(=O)(=O)c1cc(C(=O)C(C)C)ccc1C. The fourth-order valence-electron chi connectivity index (χ4n) is 1.73. The van der Waals surface area contributed by atoms with E-state index in [1.807, 2.05) is 0 Å². The van der Waals surface area contributed by atoms with Gasteiger partial charge in [-0.15, -0.1) is 0 Å². The molecule has 0 heterocycles. The van der Waals surface area contributed by atoms with Crippen molar-refractivity contribution >= 4 is 15.8 Å². The number of ketones is 1. The van der Waals surface area contributed by atoms with Crippen LogP contribution in [-0.4, -0.2) is 34.5 Å². The van der Waals surface area contributed by atoms with Gasteiger partial charge < -0.3 is 4.74 Å². The normalized spacial score (nSPS) is 11.8. The summed E-state index contributed by atoms with van der Waals surface area (Å²) in [6, 6.07) is 4.75. The first-order chi connectivity index (χ1) is 9.29. The van der Waals surface area contributed by atoms with E-state index < -0.39 is 10.0 Å². The molecule has 0 fully saturated rings. The Morgan fingerprint density at radius 1 is 1.35 bits per heavy atom. The predicted molar refractivity (Wildman–Crippen MR) is 77.4 cm³/mol. The zero-order chi connectivity index (χ0) is 15.3. The van der Waals surface area contributed by atoms with Gasteiger partial charge in [-0.2, -0.15) is 0 Å². The highest BCUT2D eigenvalue weighted by Crippen LogP contribution is 2.19. The fourth-order valence-corrected chi connectivity index (χ4v) is 3.01. The molecule has 0 amide bonds. The van der Waals surface area contributed by atoms with Crippen LogP contribution in [0.1, 0.15) is 29.8 Å². The highest BCUT2D eigenvalue weighted by atomic mass is 32.2. The Hall–Kier alpha value is -1.24. The molecule has 1 aromatic rings. The van der Waals surface area contributed by atoms with Gasteiger partial charge in [-0.05, 0) is 18.6 Å². The number of carbonyl (C=O) groups is 1. The summed E-state index contributed by atoms with van der Waals surface area (Å²) < 4.78 is 31.7. The van der Waals surface area contributed by atoms with E-state index in [9.17, 15) is 13.2 Å². The Morgan fingerprint density at radius 3 is 2.55 bits per heavy atom. The number of hydrogen-bond donors (Lipinski definition) is 1. The van der Waals surface area contributed by atoms with E-state index in [2.05, 4.69) is 4.72 Å². The molecule has 0 saturated carbocycles. The van der Waals surface area contributed by atoms with Crippen molar-refractivity contribution in [2.75, 3.05) is 20.3 Å². The van der Waals surface area contributed by atoms with Gasteiger partial charge in [0.15, 0.2) is 5.78 Å². The molecule has 20 heavy (non-hydrogen) atoms. The van der Waals surface area contributed by atoms with Crippen LogP contribution < -0.4 is 4.72 Å². The third-order valence-electron chi connectivity index (χ3n) is 2.88. The third-order valence-corrected chi connectivity index (χ3v) is 4.49. The van der Waals surface area contributed by atoms with Gasteiger partial charge in [-0.25, -0.2) is 13.1 Å². The summed E-state index contributed by atoms with van der Waals surface area (Å²) in [6.45, 7) is 5.76. The van der Waals surface area contributed by atoms with Crippen LogP contribution in [0.2, 0.25) is 0 Å². The number of rotatable bonds is 7. The Balaban J connectivity index is 3.11. The molecule has 0 aromatic heterocycles. The first-order valence-electron chi connectivity index (χ1n) is 6.43. The molecule has 0 aliphatic heterocycles. The summed E-state index contributed by atoms with van der Waals surface area (Å²) in [7, 11) is -2.13. The fraction of sp³-hybridized carbons (Fsp3) is 0.500. The van der Waals surface area contributed by atoms with Crippen LogP contribution >= 0.6 is 0 Å². The molecule has 0 unspecified atom stereocenters. The first kappa shape index (κ1) is 16.8. The molecule has 6 heteroatoms. The molecule has 0 atom stereocenters. The number of hydrogen-bond acceptors (Lipinski definition) is 4. The van der Waals surface area contributed by atoms with Crippen LogP contribution in [-0.2, 0) is 14.8 Å². The first-order valence-corrected chi connectivity index (χ1v) is 7.91. The van der Waals surface area contributed by atoms with Crippen LogP contribution in [0.3, 0.4) is 0 Å². The van der Waals surface area contributed by atoms with Crippen LogP contribution in [0.5, 0.6) is 0 Å². The maximum atomic E-state index is 12.2. The smallest absolute Gasteiger partial charge is 0.240 e. The van der Waals surface area contributed by atoms with Crippen LogP contribution in [0, 0.1) is 12.8 Å². The average molecular weight is 299 g/mol. The number of ether oxygens (including phenoxy) is 1. The molecule has 0 aliphatic rings. The van der Waals surface area contributed by atoms with E-state index in [4.69, 9.17) is 4.74 Å². The second-order valence-electron chi connectivity index (χ2n) is 4.89. The second kappa shape index (κ2) is 6.97. The molecule has 112 valence electrons. The van der Waals surface area contributed by atoms with Gasteiger partial charge in [0.1, 0.15) is 0 Å². The number of aryl methyl sites for hydroxylation is 1. The number of methoxy groups -OCH3 is 1. The van der Waals surface area contributed by atoms with E-state index in [1.54, 1.807) is 32.9 Å². The topological polar surface area (TPSA) is 72.5 Å². The number of Topliss-reactive ketones (excluding diaryl/α,β-unsaturated/α-hetero) is 1. The number of sulfonamides is 1. The Bertz CT molecular complexity index is 579. The lowest BCUT2D eigenvalue weighted by Gasteiger charge is -2.11. The minimum Gasteiger partial charge on any atom is -0.383 e. The molecule has 0 aliphatic carbocycles. The average Bonchev–Trinajstić information content (AvgIpc) is 2.38. The summed E-state index contributed by atoms with van der Waals surface area (Å²) in [6.07, 6.45) is 0. The van der Waals surface area contributed by atoms with Crippen LogP contribution in [0.4, 0.5) is 0 Å². The van der Waals surface area contributed by atoms with Gasteiger partial charge >= 0.3 is 0 Å². The number of nitrogens with one attached hydrogen (secondary N) is 1. The largest absolute Gasteiger partial charge is 0.383 e. The Kier molecular flexibility index (Phi) is 5.86. The monoisotopic (exact) mass is 299 g/mol. The predicted octanol–water partition coefficient (Wildman–Crippen LogP) is 1.76. The van der Waals surface area contributed by atoms with Gasteiger partial charge in [-0.1, -0.05) is 26.0 Å². The zero-order valence-corrected chi connectivity index (χ0v) is 13.1. The van der Waals surface area contributed by atoms with E-state index in [1.165, 1.54) is 13.2 Å².